The number of amides is 1. The molecule has 3 N–H and O–H groups in total. The Kier molecular flexibility index (Phi) is 2.98. The van der Waals surface area contributed by atoms with Crippen LogP contribution >= 0.6 is 11.3 Å². The van der Waals surface area contributed by atoms with Crippen LogP contribution in [-0.2, 0) is 11.2 Å². The molecule has 1 aromatic rings. The molecule has 0 radical (unpaired) electrons. The number of nitrogen functional groups attached to an aromatic ring is 1. The number of aromatic nitrogens is 1. The molecular formula is C15H21N3OS. The van der Waals surface area contributed by atoms with Crippen molar-refractivity contribution >= 4 is 22.4 Å². The zero-order chi connectivity index (χ0) is 13.7. The summed E-state index contributed by atoms with van der Waals surface area (Å²) in [6.45, 7) is 0. The zero-order valence-electron chi connectivity index (χ0n) is 11.5. The molecular weight excluding hydrogens is 270 g/mol. The number of anilines is 1. The van der Waals surface area contributed by atoms with Gasteiger partial charge < -0.3 is 11.1 Å². The number of nitrogens with two attached hydrogens (primary N) is 1. The highest BCUT2D eigenvalue weighted by Gasteiger charge is 2.53. The highest BCUT2D eigenvalue weighted by Crippen LogP contribution is 2.58. The van der Waals surface area contributed by atoms with Gasteiger partial charge in [0, 0.05) is 11.4 Å². The normalized spacial score (nSPS) is 38.1. The second kappa shape index (κ2) is 4.72. The second-order valence-electron chi connectivity index (χ2n) is 6.68. The minimum atomic E-state index is 0.113. The van der Waals surface area contributed by atoms with Crippen LogP contribution < -0.4 is 11.1 Å². The fourth-order valence-corrected chi connectivity index (χ4v) is 5.62. The van der Waals surface area contributed by atoms with E-state index in [4.69, 9.17) is 5.73 Å². The molecule has 20 heavy (non-hydrogen) atoms. The van der Waals surface area contributed by atoms with Gasteiger partial charge in [0.05, 0.1) is 12.1 Å². The molecule has 0 aromatic carbocycles. The first-order valence-electron chi connectivity index (χ1n) is 7.70. The lowest BCUT2D eigenvalue weighted by atomic mass is 9.79. The molecule has 0 spiro atoms. The number of carbonyl (C=O) groups excluding carboxylic acids is 1. The van der Waals surface area contributed by atoms with Crippen LogP contribution in [0.4, 0.5) is 5.13 Å². The molecule has 4 nitrogen and oxygen atoms in total. The number of nitrogens with zero attached hydrogens (tertiary/aromatic N) is 1. The van der Waals surface area contributed by atoms with E-state index in [2.05, 4.69) is 10.3 Å². The number of hydrogen-bond donors (Lipinski definition) is 2. The maximum Gasteiger partial charge on any atom is 0.226 e. The number of fused-ring (bicyclic) bond motifs is 5. The van der Waals surface area contributed by atoms with Gasteiger partial charge in [-0.05, 0) is 49.4 Å². The highest BCUT2D eigenvalue weighted by molar-refractivity contribution is 7.13. The highest BCUT2D eigenvalue weighted by atomic mass is 32.1. The van der Waals surface area contributed by atoms with Gasteiger partial charge in [-0.1, -0.05) is 6.42 Å². The van der Waals surface area contributed by atoms with Crippen molar-refractivity contribution in [1.29, 1.82) is 0 Å². The van der Waals surface area contributed by atoms with Crippen molar-refractivity contribution in [3.05, 3.63) is 11.1 Å². The largest absolute Gasteiger partial charge is 0.375 e. The van der Waals surface area contributed by atoms with Crippen LogP contribution in [0.25, 0.3) is 0 Å². The fourth-order valence-electron chi connectivity index (χ4n) is 5.06. The number of thiazole rings is 1. The van der Waals surface area contributed by atoms with E-state index < -0.39 is 0 Å². The van der Waals surface area contributed by atoms with Crippen molar-refractivity contribution in [3.8, 4) is 0 Å². The molecule has 108 valence electrons. The Morgan fingerprint density at radius 1 is 1.35 bits per heavy atom. The third-order valence-corrected chi connectivity index (χ3v) is 6.41. The predicted octanol–water partition coefficient (Wildman–Crippen LogP) is 2.21. The molecule has 3 fully saturated rings. The van der Waals surface area contributed by atoms with E-state index in [-0.39, 0.29) is 5.91 Å². The van der Waals surface area contributed by atoms with Crippen molar-refractivity contribution in [1.82, 2.24) is 10.3 Å². The van der Waals surface area contributed by atoms with E-state index in [1.54, 1.807) is 0 Å². The Morgan fingerprint density at radius 3 is 3.00 bits per heavy atom. The van der Waals surface area contributed by atoms with Crippen LogP contribution in [0.5, 0.6) is 0 Å². The van der Waals surface area contributed by atoms with Crippen molar-refractivity contribution in [3.63, 3.8) is 0 Å². The lowest BCUT2D eigenvalue weighted by molar-refractivity contribution is -0.121. The number of carbonyl (C=O) groups is 1. The SMILES string of the molecule is Nc1nc(CC(=O)NC2CC3CC2C2CCCC32)cs1. The minimum Gasteiger partial charge on any atom is -0.375 e. The summed E-state index contributed by atoms with van der Waals surface area (Å²) >= 11 is 1.40. The van der Waals surface area contributed by atoms with E-state index in [1.165, 1.54) is 43.4 Å². The van der Waals surface area contributed by atoms with Crippen LogP contribution in [0.3, 0.4) is 0 Å². The lowest BCUT2D eigenvalue weighted by Crippen LogP contribution is -2.43. The topological polar surface area (TPSA) is 68.0 Å². The van der Waals surface area contributed by atoms with E-state index in [9.17, 15) is 4.79 Å². The third-order valence-electron chi connectivity index (χ3n) is 5.69. The number of rotatable bonds is 3. The molecule has 1 aromatic heterocycles. The van der Waals surface area contributed by atoms with Crippen LogP contribution in [0.15, 0.2) is 5.38 Å². The predicted molar refractivity (Wildman–Crippen MR) is 79.2 cm³/mol. The third kappa shape index (κ3) is 2.03. The van der Waals surface area contributed by atoms with E-state index in [0.29, 0.717) is 17.6 Å². The average Bonchev–Trinajstić information content (AvgIpc) is 3.10. The molecule has 0 saturated heterocycles. The Morgan fingerprint density at radius 2 is 2.20 bits per heavy atom. The van der Waals surface area contributed by atoms with Crippen LogP contribution in [0.2, 0.25) is 0 Å². The van der Waals surface area contributed by atoms with E-state index in [0.717, 1.165) is 29.4 Å². The van der Waals surface area contributed by atoms with Gasteiger partial charge in [-0.25, -0.2) is 4.98 Å². The summed E-state index contributed by atoms with van der Waals surface area (Å²) in [4.78, 5) is 16.3. The van der Waals surface area contributed by atoms with Crippen molar-refractivity contribution < 1.29 is 4.79 Å². The van der Waals surface area contributed by atoms with Gasteiger partial charge >= 0.3 is 0 Å². The lowest BCUT2D eigenvalue weighted by Gasteiger charge is -2.32. The van der Waals surface area contributed by atoms with Crippen LogP contribution in [0, 0.1) is 23.7 Å². The monoisotopic (exact) mass is 291 g/mol. The Labute approximate surface area is 123 Å². The van der Waals surface area contributed by atoms with Gasteiger partial charge in [0.1, 0.15) is 0 Å². The second-order valence-corrected chi connectivity index (χ2v) is 7.57. The molecule has 3 aliphatic carbocycles. The zero-order valence-corrected chi connectivity index (χ0v) is 12.4. The standard InChI is InChI=1S/C15H21N3OS/c16-15-17-9(7-20-15)6-14(19)18-13-5-8-4-12(13)11-3-1-2-10(8)11/h7-8,10-13H,1-6H2,(H2,16,17)(H,18,19). The number of hydrogen-bond acceptors (Lipinski definition) is 4. The van der Waals surface area contributed by atoms with E-state index in [1.807, 2.05) is 5.38 Å². The summed E-state index contributed by atoms with van der Waals surface area (Å²) in [5.74, 6) is 3.62. The van der Waals surface area contributed by atoms with Crippen molar-refractivity contribution in [2.24, 2.45) is 23.7 Å². The first-order valence-corrected chi connectivity index (χ1v) is 8.58. The van der Waals surface area contributed by atoms with Crippen molar-refractivity contribution in [2.75, 3.05) is 5.73 Å². The molecule has 5 unspecified atom stereocenters. The number of nitrogens with one attached hydrogen (secondary N) is 1. The summed E-state index contributed by atoms with van der Waals surface area (Å²) in [5.41, 5.74) is 6.40. The summed E-state index contributed by atoms with van der Waals surface area (Å²) in [7, 11) is 0. The van der Waals surface area contributed by atoms with Gasteiger partial charge in [0.15, 0.2) is 5.13 Å². The quantitative estimate of drug-likeness (QED) is 0.897. The summed E-state index contributed by atoms with van der Waals surface area (Å²) in [6, 6.07) is 0.419. The van der Waals surface area contributed by atoms with Gasteiger partial charge in [0.2, 0.25) is 5.91 Å². The first kappa shape index (κ1) is 12.6. The summed E-state index contributed by atoms with van der Waals surface area (Å²) in [5, 5.41) is 5.69. The van der Waals surface area contributed by atoms with Gasteiger partial charge in [-0.2, -0.15) is 0 Å². The molecule has 5 atom stereocenters. The van der Waals surface area contributed by atoms with Gasteiger partial charge in [-0.3, -0.25) is 4.79 Å². The van der Waals surface area contributed by atoms with Crippen LogP contribution in [0.1, 0.15) is 37.8 Å². The molecule has 3 aliphatic rings. The molecule has 0 aliphatic heterocycles. The molecule has 2 bridgehead atoms. The minimum absolute atomic E-state index is 0.113. The Bertz CT molecular complexity index is 529. The molecule has 3 saturated carbocycles. The fraction of sp³-hybridized carbons (Fsp3) is 0.733. The summed E-state index contributed by atoms with van der Waals surface area (Å²) < 4.78 is 0. The van der Waals surface area contributed by atoms with Crippen molar-refractivity contribution in [2.45, 2.75) is 44.6 Å². The molecule has 4 rings (SSSR count). The first-order chi connectivity index (χ1) is 9.70. The molecule has 1 amide bonds. The van der Waals surface area contributed by atoms with Gasteiger partial charge in [-0.15, -0.1) is 11.3 Å². The Balaban J connectivity index is 1.37. The van der Waals surface area contributed by atoms with Crippen LogP contribution in [-0.4, -0.2) is 16.9 Å². The maximum atomic E-state index is 12.2. The smallest absolute Gasteiger partial charge is 0.226 e. The van der Waals surface area contributed by atoms with Gasteiger partial charge in [0.25, 0.3) is 0 Å². The summed E-state index contributed by atoms with van der Waals surface area (Å²) in [6.07, 6.45) is 7.16. The average molecular weight is 291 g/mol. The Hall–Kier alpha value is -1.10. The van der Waals surface area contributed by atoms with E-state index >= 15 is 0 Å². The molecule has 1 heterocycles. The molecule has 5 heteroatoms. The maximum absolute atomic E-state index is 12.2.